The first kappa shape index (κ1) is 11.9. The average Bonchev–Trinajstić information content (AvgIpc) is 3.23. The van der Waals surface area contributed by atoms with Gasteiger partial charge in [0.05, 0.1) is 0 Å². The molecule has 17 heavy (non-hydrogen) atoms. The van der Waals surface area contributed by atoms with Crippen LogP contribution in [0.25, 0.3) is 0 Å². The minimum absolute atomic E-state index is 0.741. The van der Waals surface area contributed by atoms with Gasteiger partial charge in [-0.15, -0.1) is 0 Å². The number of hydrogen-bond donors (Lipinski definition) is 2. The van der Waals surface area contributed by atoms with Gasteiger partial charge in [0.25, 0.3) is 0 Å². The van der Waals surface area contributed by atoms with E-state index in [9.17, 15) is 0 Å². The van der Waals surface area contributed by atoms with Crippen LogP contribution in [0.2, 0.25) is 0 Å². The molecule has 2 aliphatic heterocycles. The SMILES string of the molecule is C1CCC(CNC2CCN(C3CC3)CC2)NC1. The molecule has 0 amide bonds. The largest absolute Gasteiger partial charge is 0.313 e. The number of rotatable bonds is 4. The highest BCUT2D eigenvalue weighted by atomic mass is 15.2. The predicted molar refractivity (Wildman–Crippen MR) is 71.3 cm³/mol. The molecule has 2 heterocycles. The van der Waals surface area contributed by atoms with Crippen LogP contribution in [0.4, 0.5) is 0 Å². The summed E-state index contributed by atoms with van der Waals surface area (Å²) in [4.78, 5) is 2.71. The van der Waals surface area contributed by atoms with Crippen LogP contribution in [-0.2, 0) is 0 Å². The zero-order chi connectivity index (χ0) is 11.5. The van der Waals surface area contributed by atoms with Crippen molar-refractivity contribution < 1.29 is 0 Å². The zero-order valence-electron chi connectivity index (χ0n) is 11.0. The second-order valence-electron chi connectivity index (χ2n) is 6.10. The lowest BCUT2D eigenvalue weighted by atomic mass is 10.0. The van der Waals surface area contributed by atoms with Gasteiger partial charge < -0.3 is 15.5 Å². The van der Waals surface area contributed by atoms with Crippen molar-refractivity contribution in [2.75, 3.05) is 26.2 Å². The maximum atomic E-state index is 3.78. The van der Waals surface area contributed by atoms with Crippen molar-refractivity contribution in [2.24, 2.45) is 0 Å². The Morgan fingerprint density at radius 1 is 1.00 bits per heavy atom. The number of nitrogens with zero attached hydrogens (tertiary/aromatic N) is 1. The molecule has 3 nitrogen and oxygen atoms in total. The fourth-order valence-corrected chi connectivity index (χ4v) is 3.32. The fraction of sp³-hybridized carbons (Fsp3) is 1.00. The molecular formula is C14H27N3. The van der Waals surface area contributed by atoms with Crippen LogP contribution in [-0.4, -0.2) is 49.2 Å². The molecule has 1 saturated carbocycles. The van der Waals surface area contributed by atoms with Gasteiger partial charge in [0, 0.05) is 24.7 Å². The summed E-state index contributed by atoms with van der Waals surface area (Å²) in [6.45, 7) is 5.08. The van der Waals surface area contributed by atoms with Gasteiger partial charge in [0.1, 0.15) is 0 Å². The predicted octanol–water partition coefficient (Wildman–Crippen LogP) is 1.34. The Morgan fingerprint density at radius 2 is 1.82 bits per heavy atom. The quantitative estimate of drug-likeness (QED) is 0.773. The average molecular weight is 237 g/mol. The zero-order valence-corrected chi connectivity index (χ0v) is 11.0. The molecule has 0 radical (unpaired) electrons. The van der Waals surface area contributed by atoms with Gasteiger partial charge in [-0.1, -0.05) is 6.42 Å². The van der Waals surface area contributed by atoms with E-state index in [1.165, 1.54) is 71.1 Å². The van der Waals surface area contributed by atoms with Gasteiger partial charge in [0.2, 0.25) is 0 Å². The molecule has 0 aromatic rings. The molecule has 0 spiro atoms. The van der Waals surface area contributed by atoms with Gasteiger partial charge in [-0.3, -0.25) is 0 Å². The minimum atomic E-state index is 0.741. The maximum absolute atomic E-state index is 3.78. The van der Waals surface area contributed by atoms with Crippen LogP contribution in [0.5, 0.6) is 0 Å². The van der Waals surface area contributed by atoms with E-state index in [2.05, 4.69) is 15.5 Å². The van der Waals surface area contributed by atoms with E-state index < -0.39 is 0 Å². The Hall–Kier alpha value is -0.120. The van der Waals surface area contributed by atoms with E-state index >= 15 is 0 Å². The Morgan fingerprint density at radius 3 is 2.47 bits per heavy atom. The molecular weight excluding hydrogens is 210 g/mol. The van der Waals surface area contributed by atoms with Gasteiger partial charge >= 0.3 is 0 Å². The van der Waals surface area contributed by atoms with Crippen LogP contribution in [0.15, 0.2) is 0 Å². The highest BCUT2D eigenvalue weighted by molar-refractivity contribution is 4.89. The lowest BCUT2D eigenvalue weighted by Crippen LogP contribution is -2.48. The van der Waals surface area contributed by atoms with Crippen molar-refractivity contribution in [3.63, 3.8) is 0 Å². The molecule has 2 N–H and O–H groups in total. The molecule has 3 heteroatoms. The van der Waals surface area contributed by atoms with Crippen molar-refractivity contribution in [1.82, 2.24) is 15.5 Å². The molecule has 3 rings (SSSR count). The van der Waals surface area contributed by atoms with Gasteiger partial charge in [-0.05, 0) is 58.2 Å². The molecule has 0 bridgehead atoms. The third-order valence-electron chi connectivity index (χ3n) is 4.66. The third kappa shape index (κ3) is 3.43. The standard InChI is InChI=1S/C14H27N3/c1-2-8-15-13(3-1)11-16-12-6-9-17(10-7-12)14-4-5-14/h12-16H,1-11H2. The molecule has 2 saturated heterocycles. The van der Waals surface area contributed by atoms with Crippen molar-refractivity contribution >= 4 is 0 Å². The molecule has 1 unspecified atom stereocenters. The van der Waals surface area contributed by atoms with Gasteiger partial charge in [0.15, 0.2) is 0 Å². The Bertz CT molecular complexity index is 226. The van der Waals surface area contributed by atoms with Crippen molar-refractivity contribution in [1.29, 1.82) is 0 Å². The summed E-state index contributed by atoms with van der Waals surface area (Å²) in [5.41, 5.74) is 0. The van der Waals surface area contributed by atoms with Crippen LogP contribution >= 0.6 is 0 Å². The second-order valence-corrected chi connectivity index (χ2v) is 6.10. The van der Waals surface area contributed by atoms with E-state index in [1.807, 2.05) is 0 Å². The fourth-order valence-electron chi connectivity index (χ4n) is 3.32. The van der Waals surface area contributed by atoms with E-state index in [-0.39, 0.29) is 0 Å². The van der Waals surface area contributed by atoms with E-state index in [0.717, 1.165) is 18.1 Å². The van der Waals surface area contributed by atoms with E-state index in [1.54, 1.807) is 0 Å². The summed E-state index contributed by atoms with van der Waals surface area (Å²) in [5, 5.41) is 7.40. The van der Waals surface area contributed by atoms with Gasteiger partial charge in [-0.2, -0.15) is 0 Å². The highest BCUT2D eigenvalue weighted by Crippen LogP contribution is 2.29. The molecule has 1 atom stereocenters. The van der Waals surface area contributed by atoms with Crippen molar-refractivity contribution in [3.8, 4) is 0 Å². The Balaban J connectivity index is 1.32. The number of hydrogen-bond acceptors (Lipinski definition) is 3. The van der Waals surface area contributed by atoms with Crippen LogP contribution in [0.3, 0.4) is 0 Å². The van der Waals surface area contributed by atoms with Crippen LogP contribution in [0, 0.1) is 0 Å². The second kappa shape index (κ2) is 5.68. The molecule has 3 aliphatic rings. The van der Waals surface area contributed by atoms with E-state index in [0.29, 0.717) is 0 Å². The number of likely N-dealkylation sites (tertiary alicyclic amines) is 1. The minimum Gasteiger partial charge on any atom is -0.313 e. The van der Waals surface area contributed by atoms with Crippen molar-refractivity contribution in [2.45, 2.75) is 63.1 Å². The topological polar surface area (TPSA) is 27.3 Å². The molecule has 3 fully saturated rings. The monoisotopic (exact) mass is 237 g/mol. The Kier molecular flexibility index (Phi) is 3.99. The van der Waals surface area contributed by atoms with Crippen LogP contribution in [0.1, 0.15) is 44.9 Å². The van der Waals surface area contributed by atoms with Gasteiger partial charge in [-0.25, -0.2) is 0 Å². The lowest BCUT2D eigenvalue weighted by Gasteiger charge is -2.34. The Labute approximate surface area is 105 Å². The molecule has 0 aromatic heterocycles. The molecule has 98 valence electrons. The molecule has 1 aliphatic carbocycles. The third-order valence-corrected chi connectivity index (χ3v) is 4.66. The summed E-state index contributed by atoms with van der Waals surface area (Å²) in [7, 11) is 0. The number of piperidine rings is 2. The normalized spacial score (nSPS) is 32.8. The van der Waals surface area contributed by atoms with Crippen molar-refractivity contribution in [3.05, 3.63) is 0 Å². The first-order valence-corrected chi connectivity index (χ1v) is 7.62. The lowest BCUT2D eigenvalue weighted by molar-refractivity contribution is 0.186. The first-order valence-electron chi connectivity index (χ1n) is 7.62. The first-order chi connectivity index (χ1) is 8.42. The summed E-state index contributed by atoms with van der Waals surface area (Å²) in [5.74, 6) is 0. The maximum Gasteiger partial charge on any atom is 0.0192 e. The van der Waals surface area contributed by atoms with E-state index in [4.69, 9.17) is 0 Å². The molecule has 0 aromatic carbocycles. The smallest absolute Gasteiger partial charge is 0.0192 e. The summed E-state index contributed by atoms with van der Waals surface area (Å²) >= 11 is 0. The van der Waals surface area contributed by atoms with Crippen LogP contribution < -0.4 is 10.6 Å². The number of nitrogens with one attached hydrogen (secondary N) is 2. The summed E-state index contributed by atoms with van der Waals surface area (Å²) < 4.78 is 0. The highest BCUT2D eigenvalue weighted by Gasteiger charge is 2.31. The summed E-state index contributed by atoms with van der Waals surface area (Å²) in [6.07, 6.45) is 9.81. The summed E-state index contributed by atoms with van der Waals surface area (Å²) in [6, 6.07) is 2.50.